The van der Waals surface area contributed by atoms with Crippen molar-refractivity contribution in [3.63, 3.8) is 0 Å². The summed E-state index contributed by atoms with van der Waals surface area (Å²) in [5.74, 6) is -1.25. The van der Waals surface area contributed by atoms with Crippen LogP contribution in [0.3, 0.4) is 0 Å². The molecule has 6 N–H and O–H groups in total. The van der Waals surface area contributed by atoms with Gasteiger partial charge in [0.05, 0.1) is 18.2 Å². The van der Waals surface area contributed by atoms with Gasteiger partial charge in [0, 0.05) is 28.0 Å². The van der Waals surface area contributed by atoms with Crippen LogP contribution in [0.1, 0.15) is 16.8 Å². The SMILES string of the molecule is NC1=NCC(CC(NC(=O)c2c[nH]c3cc(Br)ccc23)C(=O)O)N1. The minimum atomic E-state index is -1.10. The maximum Gasteiger partial charge on any atom is 0.326 e. The van der Waals surface area contributed by atoms with Gasteiger partial charge in [-0.15, -0.1) is 0 Å². The van der Waals surface area contributed by atoms with Crippen LogP contribution in [0.4, 0.5) is 0 Å². The number of rotatable bonds is 5. The number of guanidine groups is 1. The molecule has 1 aromatic carbocycles. The first-order valence-electron chi connectivity index (χ1n) is 7.31. The van der Waals surface area contributed by atoms with Gasteiger partial charge in [-0.05, 0) is 12.1 Å². The van der Waals surface area contributed by atoms with Gasteiger partial charge in [0.1, 0.15) is 6.04 Å². The first-order valence-corrected chi connectivity index (χ1v) is 8.10. The lowest BCUT2D eigenvalue weighted by molar-refractivity contribution is -0.139. The van der Waals surface area contributed by atoms with Crippen molar-refractivity contribution in [1.29, 1.82) is 0 Å². The molecule has 0 fully saturated rings. The summed E-state index contributed by atoms with van der Waals surface area (Å²) < 4.78 is 0.886. The van der Waals surface area contributed by atoms with Crippen molar-refractivity contribution in [2.45, 2.75) is 18.5 Å². The number of amides is 1. The number of carboxylic acid groups (broad SMARTS) is 1. The zero-order valence-electron chi connectivity index (χ0n) is 12.5. The van der Waals surface area contributed by atoms with Crippen molar-refractivity contribution in [2.24, 2.45) is 10.7 Å². The maximum absolute atomic E-state index is 12.5. The molecule has 3 rings (SSSR count). The molecule has 1 amide bonds. The highest BCUT2D eigenvalue weighted by Gasteiger charge is 2.27. The second-order valence-electron chi connectivity index (χ2n) is 5.56. The van der Waals surface area contributed by atoms with Gasteiger partial charge in [-0.3, -0.25) is 9.79 Å². The second kappa shape index (κ2) is 6.52. The van der Waals surface area contributed by atoms with Crippen molar-refractivity contribution in [1.82, 2.24) is 15.6 Å². The highest BCUT2D eigenvalue weighted by Crippen LogP contribution is 2.22. The predicted octanol–water partition coefficient (Wildman–Crippen LogP) is 0.790. The Balaban J connectivity index is 1.74. The van der Waals surface area contributed by atoms with Crippen molar-refractivity contribution < 1.29 is 14.7 Å². The summed E-state index contributed by atoms with van der Waals surface area (Å²) in [6.07, 6.45) is 1.76. The summed E-state index contributed by atoms with van der Waals surface area (Å²) in [6.45, 7) is 0.395. The molecule has 1 aromatic heterocycles. The number of carbonyl (C=O) groups is 2. The van der Waals surface area contributed by atoms with Crippen LogP contribution in [0.5, 0.6) is 0 Å². The Kier molecular flexibility index (Phi) is 4.43. The summed E-state index contributed by atoms with van der Waals surface area (Å²) in [7, 11) is 0. The molecule has 9 heteroatoms. The quantitative estimate of drug-likeness (QED) is 0.512. The van der Waals surface area contributed by atoms with E-state index in [1.807, 2.05) is 12.1 Å². The third-order valence-electron chi connectivity index (χ3n) is 3.85. The van der Waals surface area contributed by atoms with Gasteiger partial charge in [0.15, 0.2) is 5.96 Å². The van der Waals surface area contributed by atoms with Crippen LogP contribution in [-0.2, 0) is 4.79 Å². The summed E-state index contributed by atoms with van der Waals surface area (Å²) in [5, 5.41) is 15.5. The normalized spacial score (nSPS) is 18.0. The Morgan fingerprint density at radius 3 is 2.96 bits per heavy atom. The number of nitrogens with zero attached hydrogens (tertiary/aromatic N) is 1. The third-order valence-corrected chi connectivity index (χ3v) is 4.34. The number of nitrogens with one attached hydrogen (secondary N) is 3. The van der Waals surface area contributed by atoms with E-state index < -0.39 is 17.9 Å². The third kappa shape index (κ3) is 3.35. The first kappa shape index (κ1) is 16.3. The van der Waals surface area contributed by atoms with E-state index in [0.717, 1.165) is 15.4 Å². The molecular weight excluding hydrogens is 378 g/mol. The monoisotopic (exact) mass is 393 g/mol. The van der Waals surface area contributed by atoms with Gasteiger partial charge >= 0.3 is 5.97 Å². The van der Waals surface area contributed by atoms with E-state index in [-0.39, 0.29) is 18.4 Å². The van der Waals surface area contributed by atoms with Gasteiger partial charge in [-0.2, -0.15) is 0 Å². The number of carboxylic acids is 1. The predicted molar refractivity (Wildman–Crippen MR) is 92.9 cm³/mol. The number of nitrogens with two attached hydrogens (primary N) is 1. The maximum atomic E-state index is 12.5. The van der Waals surface area contributed by atoms with Crippen LogP contribution in [0.2, 0.25) is 0 Å². The topological polar surface area (TPSA) is 133 Å². The fourth-order valence-corrected chi connectivity index (χ4v) is 3.03. The van der Waals surface area contributed by atoms with Crippen LogP contribution in [0.15, 0.2) is 33.9 Å². The number of aliphatic imine (C=N–C) groups is 1. The second-order valence-corrected chi connectivity index (χ2v) is 6.48. The Labute approximate surface area is 145 Å². The van der Waals surface area contributed by atoms with Gasteiger partial charge in [0.2, 0.25) is 0 Å². The number of aliphatic carboxylic acids is 1. The molecule has 0 spiro atoms. The fraction of sp³-hybridized carbons (Fsp3) is 0.267. The van der Waals surface area contributed by atoms with Crippen LogP contribution in [0, 0.1) is 0 Å². The number of benzene rings is 1. The average molecular weight is 394 g/mol. The van der Waals surface area contributed by atoms with E-state index in [1.54, 1.807) is 12.3 Å². The molecular formula is C15H16BrN5O3. The number of aromatic amines is 1. The lowest BCUT2D eigenvalue weighted by Gasteiger charge is -2.18. The Hall–Kier alpha value is -2.55. The number of fused-ring (bicyclic) bond motifs is 1. The lowest BCUT2D eigenvalue weighted by atomic mass is 10.1. The van der Waals surface area contributed by atoms with Gasteiger partial charge in [-0.1, -0.05) is 22.0 Å². The van der Waals surface area contributed by atoms with Crippen molar-refractivity contribution in [3.05, 3.63) is 34.4 Å². The molecule has 24 heavy (non-hydrogen) atoms. The van der Waals surface area contributed by atoms with Crippen LogP contribution in [-0.4, -0.2) is 46.6 Å². The summed E-state index contributed by atoms with van der Waals surface area (Å²) >= 11 is 3.37. The molecule has 1 aliphatic heterocycles. The Morgan fingerprint density at radius 1 is 1.50 bits per heavy atom. The molecule has 1 aliphatic rings. The van der Waals surface area contributed by atoms with Gasteiger partial charge in [0.25, 0.3) is 5.91 Å². The zero-order valence-corrected chi connectivity index (χ0v) is 14.1. The number of hydrogen-bond donors (Lipinski definition) is 5. The lowest BCUT2D eigenvalue weighted by Crippen LogP contribution is -2.46. The number of carbonyl (C=O) groups excluding carboxylic acids is 1. The Morgan fingerprint density at radius 2 is 2.29 bits per heavy atom. The van der Waals surface area contributed by atoms with Crippen molar-refractivity contribution in [2.75, 3.05) is 6.54 Å². The molecule has 0 saturated heterocycles. The molecule has 126 valence electrons. The molecule has 0 aliphatic carbocycles. The molecule has 2 heterocycles. The van der Waals surface area contributed by atoms with E-state index in [9.17, 15) is 14.7 Å². The van der Waals surface area contributed by atoms with E-state index in [0.29, 0.717) is 12.1 Å². The average Bonchev–Trinajstić information content (AvgIpc) is 3.12. The number of H-pyrrole nitrogens is 1. The van der Waals surface area contributed by atoms with E-state index in [1.165, 1.54) is 0 Å². The van der Waals surface area contributed by atoms with E-state index in [2.05, 4.69) is 36.5 Å². The largest absolute Gasteiger partial charge is 0.480 e. The zero-order chi connectivity index (χ0) is 17.3. The molecule has 8 nitrogen and oxygen atoms in total. The molecule has 2 aromatic rings. The minimum Gasteiger partial charge on any atom is -0.480 e. The summed E-state index contributed by atoms with van der Waals surface area (Å²) in [4.78, 5) is 30.9. The Bertz CT molecular complexity index is 832. The van der Waals surface area contributed by atoms with Crippen LogP contribution >= 0.6 is 15.9 Å². The van der Waals surface area contributed by atoms with E-state index in [4.69, 9.17) is 5.73 Å². The molecule has 0 radical (unpaired) electrons. The van der Waals surface area contributed by atoms with Gasteiger partial charge < -0.3 is 26.5 Å². The van der Waals surface area contributed by atoms with E-state index >= 15 is 0 Å². The molecule has 0 bridgehead atoms. The van der Waals surface area contributed by atoms with Crippen LogP contribution < -0.4 is 16.4 Å². The van der Waals surface area contributed by atoms with Crippen molar-refractivity contribution >= 4 is 44.7 Å². The highest BCUT2D eigenvalue weighted by atomic mass is 79.9. The number of halogens is 1. The highest BCUT2D eigenvalue weighted by molar-refractivity contribution is 9.10. The number of hydrogen-bond acceptors (Lipinski definition) is 5. The smallest absolute Gasteiger partial charge is 0.326 e. The summed E-state index contributed by atoms with van der Waals surface area (Å²) in [6, 6.07) is 4.24. The number of aromatic nitrogens is 1. The first-order chi connectivity index (χ1) is 11.4. The minimum absolute atomic E-state index is 0.194. The fourth-order valence-electron chi connectivity index (χ4n) is 2.67. The molecule has 2 unspecified atom stereocenters. The standard InChI is InChI=1S/C15H16BrN5O3/c16-7-1-2-9-10(6-18-11(9)3-7)13(22)21-12(14(23)24)4-8-5-19-15(17)20-8/h1-3,6,8,12,18H,4-5H2,(H,21,22)(H,23,24)(H3,17,19,20). The summed E-state index contributed by atoms with van der Waals surface area (Å²) in [5.41, 5.74) is 6.72. The van der Waals surface area contributed by atoms with Crippen molar-refractivity contribution in [3.8, 4) is 0 Å². The van der Waals surface area contributed by atoms with Crippen LogP contribution in [0.25, 0.3) is 10.9 Å². The van der Waals surface area contributed by atoms with Gasteiger partial charge in [-0.25, -0.2) is 4.79 Å². The molecule has 2 atom stereocenters. The molecule has 0 saturated carbocycles.